The summed E-state index contributed by atoms with van der Waals surface area (Å²) in [6, 6.07) is 9.82. The Hall–Kier alpha value is -2.34. The largest absolute Gasteiger partial charge is 0.494 e. The van der Waals surface area contributed by atoms with E-state index in [4.69, 9.17) is 4.74 Å². The van der Waals surface area contributed by atoms with Crippen molar-refractivity contribution in [3.8, 4) is 5.75 Å². The number of rotatable bonds is 6. The molecule has 1 aromatic carbocycles. The number of nitrogens with one attached hydrogen (secondary N) is 1. The number of benzene rings is 1. The first-order valence-corrected chi connectivity index (χ1v) is 8.41. The monoisotopic (exact) mass is 328 g/mol. The van der Waals surface area contributed by atoms with Gasteiger partial charge in [0.05, 0.1) is 18.8 Å². The van der Waals surface area contributed by atoms with Crippen molar-refractivity contribution in [3.63, 3.8) is 0 Å². The molecule has 0 aliphatic carbocycles. The number of aromatic nitrogens is 2. The third-order valence-electron chi connectivity index (χ3n) is 4.17. The molecule has 6 heteroatoms. The summed E-state index contributed by atoms with van der Waals surface area (Å²) >= 11 is 0. The van der Waals surface area contributed by atoms with Gasteiger partial charge in [-0.2, -0.15) is 5.10 Å². The number of para-hydroxylation sites is 1. The zero-order valence-corrected chi connectivity index (χ0v) is 14.3. The van der Waals surface area contributed by atoms with Crippen LogP contribution in [0, 0.1) is 0 Å². The van der Waals surface area contributed by atoms with Crippen LogP contribution >= 0.6 is 0 Å². The summed E-state index contributed by atoms with van der Waals surface area (Å²) in [6.07, 6.45) is 0.734. The van der Waals surface area contributed by atoms with E-state index in [9.17, 15) is 4.79 Å². The molecule has 3 rings (SSSR count). The highest BCUT2D eigenvalue weighted by Crippen LogP contribution is 2.18. The molecule has 1 N–H and O–H groups in total. The highest BCUT2D eigenvalue weighted by Gasteiger charge is 2.18. The van der Waals surface area contributed by atoms with E-state index in [1.54, 1.807) is 0 Å². The van der Waals surface area contributed by atoms with Gasteiger partial charge >= 0.3 is 0 Å². The fourth-order valence-corrected chi connectivity index (χ4v) is 2.92. The van der Waals surface area contributed by atoms with E-state index >= 15 is 0 Å². The van der Waals surface area contributed by atoms with Gasteiger partial charge in [0, 0.05) is 19.6 Å². The molecule has 2 heterocycles. The van der Waals surface area contributed by atoms with E-state index in [2.05, 4.69) is 22.4 Å². The number of hydrogen-bond donors (Lipinski definition) is 1. The molecular formula is C18H24N4O2. The molecular weight excluding hydrogens is 304 g/mol. The molecule has 0 saturated heterocycles. The lowest BCUT2D eigenvalue weighted by atomic mass is 10.1. The maximum atomic E-state index is 12.3. The summed E-state index contributed by atoms with van der Waals surface area (Å²) in [5.74, 6) is 0.767. The maximum absolute atomic E-state index is 12.3. The van der Waals surface area contributed by atoms with Crippen molar-refractivity contribution in [1.29, 1.82) is 0 Å². The summed E-state index contributed by atoms with van der Waals surface area (Å²) in [6.45, 7) is 5.80. The lowest BCUT2D eigenvalue weighted by Gasteiger charge is -2.22. The molecule has 1 amide bonds. The van der Waals surface area contributed by atoms with Crippen LogP contribution < -0.4 is 10.1 Å². The van der Waals surface area contributed by atoms with Crippen LogP contribution in [-0.4, -0.2) is 47.3 Å². The van der Waals surface area contributed by atoms with Crippen LogP contribution in [0.5, 0.6) is 5.75 Å². The minimum atomic E-state index is -0.117. The van der Waals surface area contributed by atoms with E-state index in [0.29, 0.717) is 18.8 Å². The van der Waals surface area contributed by atoms with E-state index in [-0.39, 0.29) is 5.91 Å². The summed E-state index contributed by atoms with van der Waals surface area (Å²) in [4.78, 5) is 14.5. The molecule has 1 aromatic heterocycles. The molecule has 0 bridgehead atoms. The molecule has 1 aliphatic heterocycles. The fourth-order valence-electron chi connectivity index (χ4n) is 2.92. The third-order valence-corrected chi connectivity index (χ3v) is 4.17. The zero-order chi connectivity index (χ0) is 16.9. The molecule has 0 radical (unpaired) electrons. The van der Waals surface area contributed by atoms with E-state index in [0.717, 1.165) is 43.1 Å². The summed E-state index contributed by atoms with van der Waals surface area (Å²) in [7, 11) is 2.08. The molecule has 0 saturated carbocycles. The fraction of sp³-hybridized carbons (Fsp3) is 0.444. The number of fused-ring (bicyclic) bond motifs is 1. The van der Waals surface area contributed by atoms with Crippen molar-refractivity contribution in [2.75, 3.05) is 26.7 Å². The number of likely N-dealkylation sites (N-methyl/N-ethyl adjacent to an activating group) is 1. The van der Waals surface area contributed by atoms with Gasteiger partial charge in [0.1, 0.15) is 11.4 Å². The molecule has 6 nitrogen and oxygen atoms in total. The average molecular weight is 328 g/mol. The smallest absolute Gasteiger partial charge is 0.271 e. The van der Waals surface area contributed by atoms with Crippen molar-refractivity contribution >= 4 is 5.91 Å². The lowest BCUT2D eigenvalue weighted by molar-refractivity contribution is 0.0948. The van der Waals surface area contributed by atoms with Crippen LogP contribution in [0.1, 0.15) is 28.7 Å². The number of ether oxygens (including phenoxy) is 1. The average Bonchev–Trinajstić information content (AvgIpc) is 3.00. The van der Waals surface area contributed by atoms with Crippen molar-refractivity contribution < 1.29 is 9.53 Å². The number of amides is 1. The van der Waals surface area contributed by atoms with Crippen LogP contribution in [0.2, 0.25) is 0 Å². The molecule has 0 spiro atoms. The van der Waals surface area contributed by atoms with Crippen LogP contribution in [-0.2, 0) is 19.5 Å². The Morgan fingerprint density at radius 1 is 1.33 bits per heavy atom. The van der Waals surface area contributed by atoms with Gasteiger partial charge in [-0.3, -0.25) is 14.4 Å². The Balaban J connectivity index is 1.57. The zero-order valence-electron chi connectivity index (χ0n) is 14.3. The lowest BCUT2D eigenvalue weighted by Crippen LogP contribution is -2.30. The van der Waals surface area contributed by atoms with Crippen LogP contribution in [0.4, 0.5) is 0 Å². The van der Waals surface area contributed by atoms with Crippen molar-refractivity contribution in [2.45, 2.75) is 26.4 Å². The molecule has 0 unspecified atom stereocenters. The Morgan fingerprint density at radius 3 is 3.00 bits per heavy atom. The first-order chi connectivity index (χ1) is 11.7. The summed E-state index contributed by atoms with van der Waals surface area (Å²) < 4.78 is 7.54. The predicted octanol–water partition coefficient (Wildman–Crippen LogP) is 1.70. The second kappa shape index (κ2) is 7.49. The number of carbonyl (C=O) groups is 1. The Bertz CT molecular complexity index is 711. The quantitative estimate of drug-likeness (QED) is 0.877. The molecule has 0 atom stereocenters. The van der Waals surface area contributed by atoms with Crippen LogP contribution in [0.25, 0.3) is 0 Å². The molecule has 128 valence electrons. The third kappa shape index (κ3) is 3.76. The maximum Gasteiger partial charge on any atom is 0.271 e. The van der Waals surface area contributed by atoms with Gasteiger partial charge in [-0.1, -0.05) is 18.2 Å². The van der Waals surface area contributed by atoms with Crippen molar-refractivity contribution in [3.05, 3.63) is 47.3 Å². The van der Waals surface area contributed by atoms with E-state index in [1.165, 1.54) is 0 Å². The van der Waals surface area contributed by atoms with Gasteiger partial charge in [-0.15, -0.1) is 0 Å². The van der Waals surface area contributed by atoms with Gasteiger partial charge in [-0.05, 0) is 38.1 Å². The molecule has 1 aliphatic rings. The standard InChI is InChI=1S/C18H24N4O2/c1-3-24-17-7-5-4-6-14(17)8-9-19-18(23)16-12-15-13-21(2)10-11-22(15)20-16/h4-7,12H,3,8-11,13H2,1-2H3,(H,19,23). The normalized spacial score (nSPS) is 14.2. The van der Waals surface area contributed by atoms with Gasteiger partial charge in [-0.25, -0.2) is 0 Å². The first-order valence-electron chi connectivity index (χ1n) is 8.41. The van der Waals surface area contributed by atoms with Gasteiger partial charge < -0.3 is 10.1 Å². The first kappa shape index (κ1) is 16.5. The number of nitrogens with zero attached hydrogens (tertiary/aromatic N) is 3. The minimum Gasteiger partial charge on any atom is -0.494 e. The predicted molar refractivity (Wildman–Crippen MR) is 92.2 cm³/mol. The highest BCUT2D eigenvalue weighted by atomic mass is 16.5. The van der Waals surface area contributed by atoms with E-state index in [1.807, 2.05) is 41.9 Å². The van der Waals surface area contributed by atoms with Gasteiger partial charge in [0.15, 0.2) is 0 Å². The Labute approximate surface area is 142 Å². The minimum absolute atomic E-state index is 0.117. The molecule has 24 heavy (non-hydrogen) atoms. The van der Waals surface area contributed by atoms with Gasteiger partial charge in [0.2, 0.25) is 0 Å². The Kier molecular flexibility index (Phi) is 5.15. The molecule has 2 aromatic rings. The number of carbonyl (C=O) groups excluding carboxylic acids is 1. The second-order valence-electron chi connectivity index (χ2n) is 6.03. The van der Waals surface area contributed by atoms with E-state index < -0.39 is 0 Å². The van der Waals surface area contributed by atoms with Crippen molar-refractivity contribution in [1.82, 2.24) is 20.0 Å². The summed E-state index contributed by atoms with van der Waals surface area (Å²) in [5.41, 5.74) is 2.69. The number of hydrogen-bond acceptors (Lipinski definition) is 4. The summed E-state index contributed by atoms with van der Waals surface area (Å²) in [5, 5.41) is 7.36. The Morgan fingerprint density at radius 2 is 2.17 bits per heavy atom. The van der Waals surface area contributed by atoms with Crippen LogP contribution in [0.15, 0.2) is 30.3 Å². The van der Waals surface area contributed by atoms with Crippen LogP contribution in [0.3, 0.4) is 0 Å². The van der Waals surface area contributed by atoms with Gasteiger partial charge in [0.25, 0.3) is 5.91 Å². The topological polar surface area (TPSA) is 59.4 Å². The highest BCUT2D eigenvalue weighted by molar-refractivity contribution is 5.92. The van der Waals surface area contributed by atoms with Crippen molar-refractivity contribution in [2.24, 2.45) is 0 Å². The second-order valence-corrected chi connectivity index (χ2v) is 6.03. The molecule has 0 fully saturated rings. The SMILES string of the molecule is CCOc1ccccc1CCNC(=O)c1cc2n(n1)CCN(C)C2.